The van der Waals surface area contributed by atoms with E-state index in [2.05, 4.69) is 25.5 Å². The van der Waals surface area contributed by atoms with Gasteiger partial charge < -0.3 is 5.32 Å². The molecule has 0 aliphatic rings. The summed E-state index contributed by atoms with van der Waals surface area (Å²) in [6.07, 6.45) is 2.67. The lowest BCUT2D eigenvalue weighted by Gasteiger charge is -2.03. The number of aromatic amines is 1. The van der Waals surface area contributed by atoms with Crippen LogP contribution >= 0.6 is 0 Å². The highest BCUT2D eigenvalue weighted by Gasteiger charge is 2.10. The molecule has 0 unspecified atom stereocenters. The van der Waals surface area contributed by atoms with Gasteiger partial charge in [-0.15, -0.1) is 0 Å². The van der Waals surface area contributed by atoms with Gasteiger partial charge in [0.25, 0.3) is 0 Å². The molecule has 0 saturated heterocycles. The maximum atomic E-state index is 11.9. The quantitative estimate of drug-likeness (QED) is 0.727. The summed E-state index contributed by atoms with van der Waals surface area (Å²) >= 11 is 0. The third-order valence-electron chi connectivity index (χ3n) is 3.33. The molecule has 2 aromatic heterocycles. The summed E-state index contributed by atoms with van der Waals surface area (Å²) in [5, 5.41) is 9.76. The lowest BCUT2D eigenvalue weighted by Crippen LogP contribution is -2.27. The molecule has 0 saturated carbocycles. The Morgan fingerprint density at radius 1 is 1.09 bits per heavy atom. The molecule has 0 spiro atoms. The second-order valence-electron chi connectivity index (χ2n) is 5.08. The Hall–Kier alpha value is -3.02. The molecule has 3 rings (SSSR count). The van der Waals surface area contributed by atoms with E-state index in [0.717, 1.165) is 6.42 Å². The summed E-state index contributed by atoms with van der Waals surface area (Å²) in [5.41, 5.74) is 1.88. The second-order valence-corrected chi connectivity index (χ2v) is 5.08. The van der Waals surface area contributed by atoms with Crippen molar-refractivity contribution in [1.29, 1.82) is 0 Å². The minimum Gasteiger partial charge on any atom is -0.355 e. The van der Waals surface area contributed by atoms with Crippen LogP contribution in [0.3, 0.4) is 0 Å². The van der Waals surface area contributed by atoms with E-state index < -0.39 is 0 Å². The molecular weight excluding hydrogens is 290 g/mol. The number of benzene rings is 1. The highest BCUT2D eigenvalue weighted by molar-refractivity contribution is 5.77. The van der Waals surface area contributed by atoms with E-state index in [1.165, 1.54) is 5.56 Å². The summed E-state index contributed by atoms with van der Waals surface area (Å²) in [6.45, 7) is 0.601. The van der Waals surface area contributed by atoms with Crippen LogP contribution in [0.4, 0.5) is 0 Å². The molecule has 0 bridgehead atoms. The van der Waals surface area contributed by atoms with Gasteiger partial charge in [0.2, 0.25) is 5.91 Å². The average molecular weight is 307 g/mol. The zero-order valence-corrected chi connectivity index (χ0v) is 12.6. The standard InChI is InChI=1S/C17H17N5O/c23-16(19-11-9-13-6-2-1-3-7-13)12-15-20-17(22-21-15)14-8-4-5-10-18-14/h1-8,10H,9,11-12H2,(H,19,23)(H,20,21,22). The van der Waals surface area contributed by atoms with Crippen LogP contribution in [-0.2, 0) is 17.6 Å². The first-order chi connectivity index (χ1) is 11.3. The van der Waals surface area contributed by atoms with Gasteiger partial charge in [0.1, 0.15) is 11.5 Å². The first-order valence-electron chi connectivity index (χ1n) is 7.44. The van der Waals surface area contributed by atoms with Crippen LogP contribution in [0.1, 0.15) is 11.4 Å². The van der Waals surface area contributed by atoms with Gasteiger partial charge in [-0.3, -0.25) is 14.9 Å². The molecule has 6 nitrogen and oxygen atoms in total. The zero-order valence-electron chi connectivity index (χ0n) is 12.6. The fourth-order valence-electron chi connectivity index (χ4n) is 2.19. The van der Waals surface area contributed by atoms with Gasteiger partial charge in [-0.1, -0.05) is 36.4 Å². The smallest absolute Gasteiger partial charge is 0.227 e. The van der Waals surface area contributed by atoms with Crippen molar-refractivity contribution >= 4 is 5.91 Å². The third-order valence-corrected chi connectivity index (χ3v) is 3.33. The van der Waals surface area contributed by atoms with Crippen molar-refractivity contribution < 1.29 is 4.79 Å². The number of carbonyl (C=O) groups excluding carboxylic acids is 1. The topological polar surface area (TPSA) is 83.6 Å². The largest absolute Gasteiger partial charge is 0.355 e. The van der Waals surface area contributed by atoms with E-state index in [4.69, 9.17) is 0 Å². The van der Waals surface area contributed by atoms with Gasteiger partial charge in [0, 0.05) is 12.7 Å². The SMILES string of the molecule is O=C(Cc1nc(-c2ccccn2)n[nH]1)NCCc1ccccc1. The van der Waals surface area contributed by atoms with Crippen LogP contribution in [0.25, 0.3) is 11.5 Å². The lowest BCUT2D eigenvalue weighted by atomic mass is 10.1. The first-order valence-corrected chi connectivity index (χ1v) is 7.44. The van der Waals surface area contributed by atoms with E-state index in [0.29, 0.717) is 23.9 Å². The highest BCUT2D eigenvalue weighted by atomic mass is 16.1. The number of hydrogen-bond acceptors (Lipinski definition) is 4. The molecule has 0 aliphatic heterocycles. The van der Waals surface area contributed by atoms with E-state index in [1.807, 2.05) is 48.5 Å². The number of hydrogen-bond donors (Lipinski definition) is 2. The van der Waals surface area contributed by atoms with Crippen LogP contribution in [0, 0.1) is 0 Å². The fraction of sp³-hybridized carbons (Fsp3) is 0.176. The lowest BCUT2D eigenvalue weighted by molar-refractivity contribution is -0.120. The summed E-state index contributed by atoms with van der Waals surface area (Å²) in [7, 11) is 0. The summed E-state index contributed by atoms with van der Waals surface area (Å²) < 4.78 is 0. The van der Waals surface area contributed by atoms with Gasteiger partial charge in [-0.05, 0) is 24.1 Å². The van der Waals surface area contributed by atoms with Crippen LogP contribution in [0.2, 0.25) is 0 Å². The van der Waals surface area contributed by atoms with Gasteiger partial charge >= 0.3 is 0 Å². The Kier molecular flexibility index (Phi) is 4.73. The summed E-state index contributed by atoms with van der Waals surface area (Å²) in [6, 6.07) is 15.6. The molecule has 0 atom stereocenters. The van der Waals surface area contributed by atoms with Crippen molar-refractivity contribution in [3.8, 4) is 11.5 Å². The molecule has 1 aromatic carbocycles. The number of rotatable bonds is 6. The van der Waals surface area contributed by atoms with Crippen LogP contribution in [0.5, 0.6) is 0 Å². The number of nitrogens with zero attached hydrogens (tertiary/aromatic N) is 3. The van der Waals surface area contributed by atoms with E-state index >= 15 is 0 Å². The van der Waals surface area contributed by atoms with E-state index in [1.54, 1.807) is 6.20 Å². The maximum absolute atomic E-state index is 11.9. The van der Waals surface area contributed by atoms with Crippen molar-refractivity contribution in [2.24, 2.45) is 0 Å². The van der Waals surface area contributed by atoms with Crippen LogP contribution < -0.4 is 5.32 Å². The molecule has 1 amide bonds. The Bertz CT molecular complexity index is 755. The Balaban J connectivity index is 1.49. The van der Waals surface area contributed by atoms with E-state index in [9.17, 15) is 4.79 Å². The highest BCUT2D eigenvalue weighted by Crippen LogP contribution is 2.10. The van der Waals surface area contributed by atoms with Crippen LogP contribution in [0.15, 0.2) is 54.7 Å². The monoisotopic (exact) mass is 307 g/mol. The number of nitrogens with one attached hydrogen (secondary N) is 2. The Morgan fingerprint density at radius 3 is 2.70 bits per heavy atom. The minimum atomic E-state index is -0.0790. The predicted molar refractivity (Wildman–Crippen MR) is 86.5 cm³/mol. The maximum Gasteiger partial charge on any atom is 0.227 e. The van der Waals surface area contributed by atoms with E-state index in [-0.39, 0.29) is 12.3 Å². The Morgan fingerprint density at radius 2 is 1.91 bits per heavy atom. The van der Waals surface area contributed by atoms with Gasteiger partial charge in [0.15, 0.2) is 5.82 Å². The molecule has 0 aliphatic carbocycles. The number of pyridine rings is 1. The van der Waals surface area contributed by atoms with Crippen molar-refractivity contribution in [2.75, 3.05) is 6.54 Å². The summed E-state index contributed by atoms with van der Waals surface area (Å²) in [4.78, 5) is 20.4. The third kappa shape index (κ3) is 4.23. The Labute approximate surface area is 134 Å². The van der Waals surface area contributed by atoms with Crippen molar-refractivity contribution in [2.45, 2.75) is 12.8 Å². The first kappa shape index (κ1) is 14.9. The molecule has 0 fully saturated rings. The molecule has 2 N–H and O–H groups in total. The molecule has 3 aromatic rings. The molecule has 23 heavy (non-hydrogen) atoms. The number of amides is 1. The molecule has 116 valence electrons. The van der Waals surface area contributed by atoms with Gasteiger partial charge in [-0.2, -0.15) is 5.10 Å². The molecular formula is C17H17N5O. The predicted octanol–water partition coefficient (Wildman–Crippen LogP) is 1.77. The zero-order chi connectivity index (χ0) is 15.9. The minimum absolute atomic E-state index is 0.0790. The van der Waals surface area contributed by atoms with Crippen LogP contribution in [-0.4, -0.2) is 32.6 Å². The van der Waals surface area contributed by atoms with Gasteiger partial charge in [0.05, 0.1) is 6.42 Å². The average Bonchev–Trinajstić information content (AvgIpc) is 3.05. The molecule has 0 radical (unpaired) electrons. The van der Waals surface area contributed by atoms with Crippen molar-refractivity contribution in [3.05, 3.63) is 66.1 Å². The normalized spacial score (nSPS) is 10.4. The fourth-order valence-corrected chi connectivity index (χ4v) is 2.19. The van der Waals surface area contributed by atoms with Crippen molar-refractivity contribution in [1.82, 2.24) is 25.5 Å². The number of H-pyrrole nitrogens is 1. The summed E-state index contributed by atoms with van der Waals surface area (Å²) in [5.74, 6) is 0.949. The second kappa shape index (κ2) is 7.31. The molecule has 6 heteroatoms. The number of aromatic nitrogens is 4. The molecule has 2 heterocycles. The number of carbonyl (C=O) groups is 1. The van der Waals surface area contributed by atoms with Gasteiger partial charge in [-0.25, -0.2) is 4.98 Å². The van der Waals surface area contributed by atoms with Crippen molar-refractivity contribution in [3.63, 3.8) is 0 Å².